The minimum absolute atomic E-state index is 0.158. The third-order valence-electron chi connectivity index (χ3n) is 4.80. The molecule has 0 spiro atoms. The number of hydrogen-bond acceptors (Lipinski definition) is 4. The van der Waals surface area contributed by atoms with Gasteiger partial charge >= 0.3 is 6.09 Å². The fourth-order valence-corrected chi connectivity index (χ4v) is 3.37. The lowest BCUT2D eigenvalue weighted by molar-refractivity contribution is -0.125. The Labute approximate surface area is 178 Å². The van der Waals surface area contributed by atoms with Crippen LogP contribution in [0.4, 0.5) is 4.79 Å². The van der Waals surface area contributed by atoms with Crippen LogP contribution in [0.5, 0.6) is 5.75 Å². The third kappa shape index (κ3) is 6.24. The van der Waals surface area contributed by atoms with Crippen LogP contribution in [0.25, 0.3) is 0 Å². The number of nitrogens with zero attached hydrogens (tertiary/aromatic N) is 1. The second-order valence-electron chi connectivity index (χ2n) is 8.47. The second kappa shape index (κ2) is 9.65. The zero-order valence-corrected chi connectivity index (χ0v) is 17.9. The molecular formula is C24H30N2O4. The Balaban J connectivity index is 1.53. The van der Waals surface area contributed by atoms with Gasteiger partial charge in [-0.2, -0.15) is 0 Å². The van der Waals surface area contributed by atoms with Crippen LogP contribution in [0.3, 0.4) is 0 Å². The first-order valence-electron chi connectivity index (χ1n) is 10.3. The van der Waals surface area contributed by atoms with E-state index in [-0.39, 0.29) is 5.91 Å². The molecule has 2 aromatic carbocycles. The third-order valence-corrected chi connectivity index (χ3v) is 4.80. The molecule has 160 valence electrons. The Hall–Kier alpha value is -3.02. The van der Waals surface area contributed by atoms with Crippen molar-refractivity contribution in [3.63, 3.8) is 0 Å². The summed E-state index contributed by atoms with van der Waals surface area (Å²) in [5, 5.41) is 2.95. The molecule has 2 aromatic rings. The summed E-state index contributed by atoms with van der Waals surface area (Å²) in [5.74, 6) is 0.593. The maximum atomic E-state index is 12.7. The number of benzene rings is 2. The quantitative estimate of drug-likeness (QED) is 0.772. The van der Waals surface area contributed by atoms with E-state index in [1.165, 1.54) is 4.90 Å². The van der Waals surface area contributed by atoms with Gasteiger partial charge in [0.1, 0.15) is 24.0 Å². The molecular weight excluding hydrogens is 380 g/mol. The van der Waals surface area contributed by atoms with Gasteiger partial charge in [-0.15, -0.1) is 0 Å². The molecule has 1 atom stereocenters. The number of amides is 2. The summed E-state index contributed by atoms with van der Waals surface area (Å²) in [6.07, 6.45) is 1.00. The van der Waals surface area contributed by atoms with E-state index >= 15 is 0 Å². The highest BCUT2D eigenvalue weighted by molar-refractivity contribution is 5.86. The minimum atomic E-state index is -0.582. The van der Waals surface area contributed by atoms with Crippen molar-refractivity contribution in [1.29, 1.82) is 0 Å². The van der Waals surface area contributed by atoms with Crippen LogP contribution in [0, 0.1) is 0 Å². The molecule has 6 heteroatoms. The summed E-state index contributed by atoms with van der Waals surface area (Å²) in [6.45, 7) is 6.87. The van der Waals surface area contributed by atoms with Crippen LogP contribution in [0.15, 0.2) is 54.6 Å². The first-order valence-corrected chi connectivity index (χ1v) is 10.3. The fourth-order valence-electron chi connectivity index (χ4n) is 3.37. The van der Waals surface area contributed by atoms with Gasteiger partial charge in [0, 0.05) is 13.1 Å². The highest BCUT2D eigenvalue weighted by Gasteiger charge is 2.36. The molecule has 1 N–H and O–H groups in total. The summed E-state index contributed by atoms with van der Waals surface area (Å²) in [6, 6.07) is 17.1. The summed E-state index contributed by atoms with van der Waals surface area (Å²) >= 11 is 0. The molecule has 30 heavy (non-hydrogen) atoms. The van der Waals surface area contributed by atoms with Crippen LogP contribution in [0.1, 0.15) is 44.7 Å². The van der Waals surface area contributed by atoms with Gasteiger partial charge in [0.15, 0.2) is 0 Å². The van der Waals surface area contributed by atoms with E-state index in [1.807, 2.05) is 75.4 Å². The Bertz CT molecular complexity index is 861. The molecule has 3 rings (SSSR count). The average molecular weight is 411 g/mol. The van der Waals surface area contributed by atoms with E-state index in [0.717, 1.165) is 23.3 Å². The molecule has 0 aliphatic carbocycles. The van der Waals surface area contributed by atoms with Crippen LogP contribution >= 0.6 is 0 Å². The molecule has 1 fully saturated rings. The molecule has 1 heterocycles. The van der Waals surface area contributed by atoms with Gasteiger partial charge in [-0.3, -0.25) is 9.69 Å². The fraction of sp³-hybridized carbons (Fsp3) is 0.417. The Morgan fingerprint density at radius 3 is 2.53 bits per heavy atom. The van der Waals surface area contributed by atoms with Gasteiger partial charge in [-0.05, 0) is 56.9 Å². The van der Waals surface area contributed by atoms with Gasteiger partial charge < -0.3 is 14.8 Å². The van der Waals surface area contributed by atoms with Crippen molar-refractivity contribution >= 4 is 12.0 Å². The monoisotopic (exact) mass is 410 g/mol. The van der Waals surface area contributed by atoms with Crippen molar-refractivity contribution in [3.05, 3.63) is 65.7 Å². The highest BCUT2D eigenvalue weighted by Crippen LogP contribution is 2.21. The lowest BCUT2D eigenvalue weighted by atomic mass is 10.1. The highest BCUT2D eigenvalue weighted by atomic mass is 16.6. The summed E-state index contributed by atoms with van der Waals surface area (Å²) in [5.41, 5.74) is 1.45. The van der Waals surface area contributed by atoms with Crippen LogP contribution in [0.2, 0.25) is 0 Å². The van der Waals surface area contributed by atoms with Crippen LogP contribution < -0.4 is 10.1 Å². The summed E-state index contributed by atoms with van der Waals surface area (Å²) in [7, 11) is 0. The lowest BCUT2D eigenvalue weighted by Gasteiger charge is -2.28. The Kier molecular flexibility index (Phi) is 6.98. The van der Waals surface area contributed by atoms with Crippen molar-refractivity contribution in [3.8, 4) is 5.75 Å². The van der Waals surface area contributed by atoms with Gasteiger partial charge in [0.25, 0.3) is 0 Å². The molecule has 0 radical (unpaired) electrons. The number of hydrogen-bond donors (Lipinski definition) is 1. The van der Waals surface area contributed by atoms with Crippen molar-refractivity contribution in [1.82, 2.24) is 10.2 Å². The topological polar surface area (TPSA) is 67.9 Å². The molecule has 1 unspecified atom stereocenters. The molecule has 1 aliphatic heterocycles. The van der Waals surface area contributed by atoms with E-state index in [0.29, 0.717) is 26.1 Å². The zero-order valence-electron chi connectivity index (χ0n) is 17.9. The van der Waals surface area contributed by atoms with E-state index in [1.54, 1.807) is 0 Å². The lowest BCUT2D eigenvalue weighted by Crippen LogP contribution is -2.47. The van der Waals surface area contributed by atoms with E-state index in [2.05, 4.69) is 5.32 Å². The maximum Gasteiger partial charge on any atom is 0.410 e. The number of carbonyl (C=O) groups is 2. The number of likely N-dealkylation sites (tertiary alicyclic amines) is 1. The number of nitrogens with one attached hydrogen (secondary N) is 1. The van der Waals surface area contributed by atoms with Gasteiger partial charge in [0.2, 0.25) is 5.91 Å². The van der Waals surface area contributed by atoms with Gasteiger partial charge in [-0.25, -0.2) is 4.79 Å². The predicted octanol–water partition coefficient (Wildman–Crippen LogP) is 4.28. The first kappa shape index (κ1) is 21.7. The molecule has 0 bridgehead atoms. The Morgan fingerprint density at radius 2 is 1.80 bits per heavy atom. The number of ether oxygens (including phenoxy) is 2. The van der Waals surface area contributed by atoms with Crippen molar-refractivity contribution in [2.24, 2.45) is 0 Å². The Morgan fingerprint density at radius 1 is 1.07 bits per heavy atom. The minimum Gasteiger partial charge on any atom is -0.489 e. The zero-order chi connectivity index (χ0) is 21.6. The SMILES string of the molecule is CC(C)(C)OC(=O)N1CCCC1C(=O)NCc1cccc(OCc2ccccc2)c1. The van der Waals surface area contributed by atoms with E-state index < -0.39 is 17.7 Å². The molecule has 1 saturated heterocycles. The molecule has 0 aromatic heterocycles. The summed E-state index contributed by atoms with van der Waals surface area (Å²) < 4.78 is 11.3. The first-order chi connectivity index (χ1) is 14.3. The normalized spacial score (nSPS) is 16.2. The second-order valence-corrected chi connectivity index (χ2v) is 8.47. The largest absolute Gasteiger partial charge is 0.489 e. The number of carbonyl (C=O) groups excluding carboxylic acids is 2. The maximum absolute atomic E-state index is 12.7. The van der Waals surface area contributed by atoms with E-state index in [9.17, 15) is 9.59 Å². The molecule has 0 saturated carbocycles. The van der Waals surface area contributed by atoms with E-state index in [4.69, 9.17) is 9.47 Å². The molecule has 2 amide bonds. The smallest absolute Gasteiger partial charge is 0.410 e. The molecule has 6 nitrogen and oxygen atoms in total. The van der Waals surface area contributed by atoms with Crippen LogP contribution in [-0.2, 0) is 22.7 Å². The average Bonchev–Trinajstić information content (AvgIpc) is 3.21. The van der Waals surface area contributed by atoms with Crippen molar-refractivity contribution in [2.75, 3.05) is 6.54 Å². The van der Waals surface area contributed by atoms with Gasteiger partial charge in [0.05, 0.1) is 0 Å². The van der Waals surface area contributed by atoms with Crippen LogP contribution in [-0.4, -0.2) is 35.1 Å². The summed E-state index contributed by atoms with van der Waals surface area (Å²) in [4.78, 5) is 26.6. The van der Waals surface area contributed by atoms with Crippen molar-refractivity contribution in [2.45, 2.75) is 58.4 Å². The van der Waals surface area contributed by atoms with Crippen molar-refractivity contribution < 1.29 is 19.1 Å². The molecule has 1 aliphatic rings. The number of rotatable bonds is 6. The predicted molar refractivity (Wildman–Crippen MR) is 115 cm³/mol. The standard InChI is InChI=1S/C24H30N2O4/c1-24(2,3)30-23(28)26-14-8-13-21(26)22(27)25-16-19-11-7-12-20(15-19)29-17-18-9-5-4-6-10-18/h4-7,9-12,15,21H,8,13-14,16-17H2,1-3H3,(H,25,27). The van der Waals surface area contributed by atoms with Gasteiger partial charge in [-0.1, -0.05) is 42.5 Å².